The van der Waals surface area contributed by atoms with Crippen LogP contribution in [0.4, 0.5) is 0 Å². The van der Waals surface area contributed by atoms with E-state index in [1.807, 2.05) is 36.7 Å². The molecule has 1 N–H and O–H groups in total. The van der Waals surface area contributed by atoms with E-state index in [0.29, 0.717) is 13.1 Å². The molecule has 0 aliphatic carbocycles. The Kier molecular flexibility index (Phi) is 7.06. The van der Waals surface area contributed by atoms with Gasteiger partial charge in [-0.15, -0.1) is 11.8 Å². The van der Waals surface area contributed by atoms with Gasteiger partial charge in [0.05, 0.1) is 30.9 Å². The van der Waals surface area contributed by atoms with E-state index in [0.717, 1.165) is 17.0 Å². The molecule has 1 heterocycles. The molecule has 0 unspecified atom stereocenters. The molecule has 0 spiro atoms. The molecule has 0 atom stereocenters. The van der Waals surface area contributed by atoms with Crippen molar-refractivity contribution in [3.05, 3.63) is 52.8 Å². The predicted molar refractivity (Wildman–Crippen MR) is 98.4 cm³/mol. The number of carbonyl (C=O) groups is 2. The average Bonchev–Trinajstić information content (AvgIpc) is 2.87. The van der Waals surface area contributed by atoms with E-state index in [1.54, 1.807) is 0 Å². The van der Waals surface area contributed by atoms with Crippen LogP contribution in [-0.2, 0) is 27.4 Å². The number of rotatable bonds is 8. The first-order valence-electron chi connectivity index (χ1n) is 7.99. The van der Waals surface area contributed by atoms with E-state index in [2.05, 4.69) is 27.3 Å². The third-order valence-electron chi connectivity index (χ3n) is 3.85. The van der Waals surface area contributed by atoms with Gasteiger partial charge in [-0.1, -0.05) is 30.3 Å². The molecule has 0 saturated heterocycles. The summed E-state index contributed by atoms with van der Waals surface area (Å²) in [5.74, 6) is -0.0299. The Morgan fingerprint density at radius 1 is 1.20 bits per heavy atom. The molecule has 1 aromatic heterocycles. The van der Waals surface area contributed by atoms with Crippen molar-refractivity contribution < 1.29 is 14.3 Å². The number of esters is 1. The first-order valence-corrected chi connectivity index (χ1v) is 9.14. The zero-order valence-electron chi connectivity index (χ0n) is 14.7. The van der Waals surface area contributed by atoms with Crippen molar-refractivity contribution in [2.75, 3.05) is 18.6 Å². The van der Waals surface area contributed by atoms with Crippen LogP contribution in [-0.4, -0.2) is 40.3 Å². The molecule has 1 amide bonds. The van der Waals surface area contributed by atoms with Crippen LogP contribution in [0.15, 0.2) is 30.3 Å². The maximum absolute atomic E-state index is 11.9. The quantitative estimate of drug-likeness (QED) is 0.729. The minimum Gasteiger partial charge on any atom is -0.468 e. The maximum Gasteiger partial charge on any atom is 0.315 e. The van der Waals surface area contributed by atoms with Crippen LogP contribution >= 0.6 is 11.8 Å². The first kappa shape index (κ1) is 19.1. The van der Waals surface area contributed by atoms with Crippen molar-refractivity contribution in [3.63, 3.8) is 0 Å². The summed E-state index contributed by atoms with van der Waals surface area (Å²) in [6.45, 7) is 5.10. The van der Waals surface area contributed by atoms with Gasteiger partial charge in [0.15, 0.2) is 0 Å². The predicted octanol–water partition coefficient (Wildman–Crippen LogP) is 2.07. The second-order valence-electron chi connectivity index (χ2n) is 5.64. The molecule has 2 aromatic rings. The van der Waals surface area contributed by atoms with Crippen LogP contribution in [0.1, 0.15) is 22.5 Å². The number of methoxy groups -OCH3 is 1. The number of aromatic nitrogens is 2. The Hall–Kier alpha value is -2.28. The number of thioether (sulfide) groups is 1. The van der Waals surface area contributed by atoms with Crippen LogP contribution < -0.4 is 5.32 Å². The minimum atomic E-state index is -0.327. The number of nitrogens with zero attached hydrogens (tertiary/aromatic N) is 2. The van der Waals surface area contributed by atoms with Gasteiger partial charge in [-0.2, -0.15) is 5.10 Å². The minimum absolute atomic E-state index is 0.108. The van der Waals surface area contributed by atoms with Gasteiger partial charge in [0, 0.05) is 17.8 Å². The van der Waals surface area contributed by atoms with Crippen LogP contribution in [0.3, 0.4) is 0 Å². The van der Waals surface area contributed by atoms with E-state index in [-0.39, 0.29) is 23.4 Å². The summed E-state index contributed by atoms with van der Waals surface area (Å²) in [5, 5.41) is 7.46. The number of benzene rings is 1. The Morgan fingerprint density at radius 3 is 2.60 bits per heavy atom. The highest BCUT2D eigenvalue weighted by Gasteiger charge is 2.13. The van der Waals surface area contributed by atoms with Crippen LogP contribution in [0.25, 0.3) is 0 Å². The Balaban J connectivity index is 1.90. The largest absolute Gasteiger partial charge is 0.468 e. The summed E-state index contributed by atoms with van der Waals surface area (Å²) in [4.78, 5) is 22.9. The van der Waals surface area contributed by atoms with Gasteiger partial charge in [0.25, 0.3) is 0 Å². The lowest BCUT2D eigenvalue weighted by Crippen LogP contribution is -2.25. The molecule has 0 aliphatic heterocycles. The Bertz CT molecular complexity index is 729. The molecule has 2 rings (SSSR count). The monoisotopic (exact) mass is 361 g/mol. The van der Waals surface area contributed by atoms with Gasteiger partial charge in [-0.3, -0.25) is 14.3 Å². The van der Waals surface area contributed by atoms with Crippen molar-refractivity contribution in [1.29, 1.82) is 0 Å². The van der Waals surface area contributed by atoms with Crippen molar-refractivity contribution in [3.8, 4) is 0 Å². The highest BCUT2D eigenvalue weighted by Crippen LogP contribution is 2.15. The lowest BCUT2D eigenvalue weighted by molar-refractivity contribution is -0.137. The molecule has 0 bridgehead atoms. The topological polar surface area (TPSA) is 73.2 Å². The van der Waals surface area contributed by atoms with Crippen LogP contribution in [0.5, 0.6) is 0 Å². The number of aryl methyl sites for hydroxylation is 1. The molecule has 25 heavy (non-hydrogen) atoms. The van der Waals surface area contributed by atoms with Gasteiger partial charge in [-0.05, 0) is 19.4 Å². The Labute approximate surface area is 151 Å². The average molecular weight is 361 g/mol. The molecule has 134 valence electrons. The standard InChI is InChI=1S/C18H23N3O3S/c1-13-16(9-19-17(22)11-25-12-18(23)24-3)14(2)21(20-13)10-15-7-5-4-6-8-15/h4-8H,9-12H2,1-3H3,(H,19,22). The summed E-state index contributed by atoms with van der Waals surface area (Å²) >= 11 is 1.24. The second-order valence-corrected chi connectivity index (χ2v) is 6.62. The second kappa shape index (κ2) is 9.27. The molecule has 6 nitrogen and oxygen atoms in total. The third kappa shape index (κ3) is 5.63. The molecule has 0 fully saturated rings. The Morgan fingerprint density at radius 2 is 1.92 bits per heavy atom. The summed E-state index contributed by atoms with van der Waals surface area (Å²) in [7, 11) is 1.33. The molecule has 0 saturated carbocycles. The lowest BCUT2D eigenvalue weighted by atomic mass is 10.2. The molecule has 0 aliphatic rings. The number of carbonyl (C=O) groups excluding carboxylic acids is 2. The van der Waals surface area contributed by atoms with E-state index in [4.69, 9.17) is 0 Å². The number of nitrogens with one attached hydrogen (secondary N) is 1. The van der Waals surface area contributed by atoms with Crippen molar-refractivity contribution in [2.24, 2.45) is 0 Å². The van der Waals surface area contributed by atoms with E-state index in [1.165, 1.54) is 24.4 Å². The van der Waals surface area contributed by atoms with Crippen molar-refractivity contribution >= 4 is 23.6 Å². The molecular weight excluding hydrogens is 338 g/mol. The van der Waals surface area contributed by atoms with Crippen molar-refractivity contribution in [2.45, 2.75) is 26.9 Å². The summed E-state index contributed by atoms with van der Waals surface area (Å²) < 4.78 is 6.50. The normalized spacial score (nSPS) is 10.5. The number of hydrogen-bond acceptors (Lipinski definition) is 5. The fourth-order valence-electron chi connectivity index (χ4n) is 2.42. The SMILES string of the molecule is COC(=O)CSCC(=O)NCc1c(C)nn(Cc2ccccc2)c1C. The zero-order chi connectivity index (χ0) is 18.2. The summed E-state index contributed by atoms with van der Waals surface area (Å²) in [5.41, 5.74) is 4.17. The highest BCUT2D eigenvalue weighted by molar-refractivity contribution is 8.00. The fourth-order valence-corrected chi connectivity index (χ4v) is 3.10. The zero-order valence-corrected chi connectivity index (χ0v) is 15.6. The van der Waals surface area contributed by atoms with Crippen LogP contribution in [0, 0.1) is 13.8 Å². The van der Waals surface area contributed by atoms with E-state index in [9.17, 15) is 9.59 Å². The van der Waals surface area contributed by atoms with Gasteiger partial charge >= 0.3 is 5.97 Å². The lowest BCUT2D eigenvalue weighted by Gasteiger charge is -2.07. The van der Waals surface area contributed by atoms with Gasteiger partial charge in [-0.25, -0.2) is 0 Å². The smallest absolute Gasteiger partial charge is 0.315 e. The highest BCUT2D eigenvalue weighted by atomic mass is 32.2. The first-order chi connectivity index (χ1) is 12.0. The van der Waals surface area contributed by atoms with Gasteiger partial charge in [0.2, 0.25) is 5.91 Å². The number of hydrogen-bond donors (Lipinski definition) is 1. The van der Waals surface area contributed by atoms with E-state index < -0.39 is 0 Å². The summed E-state index contributed by atoms with van der Waals surface area (Å²) in [6.07, 6.45) is 0. The molecular formula is C18H23N3O3S. The number of ether oxygens (including phenoxy) is 1. The number of amides is 1. The van der Waals surface area contributed by atoms with Gasteiger partial charge in [0.1, 0.15) is 0 Å². The van der Waals surface area contributed by atoms with Gasteiger partial charge < -0.3 is 10.1 Å². The molecule has 7 heteroatoms. The summed E-state index contributed by atoms with van der Waals surface area (Å²) in [6, 6.07) is 10.1. The van der Waals surface area contributed by atoms with E-state index >= 15 is 0 Å². The molecule has 1 aromatic carbocycles. The molecule has 0 radical (unpaired) electrons. The van der Waals surface area contributed by atoms with Crippen LogP contribution in [0.2, 0.25) is 0 Å². The maximum atomic E-state index is 11.9. The fraction of sp³-hybridized carbons (Fsp3) is 0.389. The van der Waals surface area contributed by atoms with Crippen molar-refractivity contribution in [1.82, 2.24) is 15.1 Å². The third-order valence-corrected chi connectivity index (χ3v) is 4.76.